The molecule has 0 aliphatic heterocycles. The summed E-state index contributed by atoms with van der Waals surface area (Å²) in [6, 6.07) is -0.554. The van der Waals surface area contributed by atoms with Crippen molar-refractivity contribution in [3.63, 3.8) is 0 Å². The molecule has 0 saturated carbocycles. The molecule has 0 fully saturated rings. The van der Waals surface area contributed by atoms with Gasteiger partial charge in [0.25, 0.3) is 0 Å². The third kappa shape index (κ3) is 40.3. The van der Waals surface area contributed by atoms with Gasteiger partial charge in [0.15, 0.2) is 0 Å². The van der Waals surface area contributed by atoms with E-state index in [1.807, 2.05) is 0 Å². The second-order valence-corrected chi connectivity index (χ2v) is 16.5. The van der Waals surface area contributed by atoms with E-state index in [4.69, 9.17) is 4.74 Å². The number of aliphatic hydroxyl groups is 2. The molecule has 0 rings (SSSR count). The summed E-state index contributed by atoms with van der Waals surface area (Å²) < 4.78 is 5.45. The van der Waals surface area contributed by atoms with Gasteiger partial charge in [0.05, 0.1) is 25.4 Å². The molecule has 6 nitrogen and oxygen atoms in total. The van der Waals surface area contributed by atoms with Gasteiger partial charge in [-0.15, -0.1) is 0 Å². The van der Waals surface area contributed by atoms with Gasteiger partial charge in [-0.2, -0.15) is 0 Å². The van der Waals surface area contributed by atoms with Gasteiger partial charge in [-0.1, -0.05) is 226 Å². The Morgan fingerprint density at radius 1 is 0.453 bits per heavy atom. The predicted molar refractivity (Wildman–Crippen MR) is 227 cm³/mol. The first-order valence-electron chi connectivity index (χ1n) is 23.8. The molecular weight excluding hydrogens is 659 g/mol. The van der Waals surface area contributed by atoms with E-state index in [9.17, 15) is 19.8 Å². The zero-order valence-corrected chi connectivity index (χ0v) is 35.8. The Labute approximate surface area is 330 Å². The Morgan fingerprint density at radius 2 is 0.774 bits per heavy atom. The summed E-state index contributed by atoms with van der Waals surface area (Å²) in [4.78, 5) is 24.4. The van der Waals surface area contributed by atoms with Crippen molar-refractivity contribution < 1.29 is 24.5 Å². The van der Waals surface area contributed by atoms with E-state index in [-0.39, 0.29) is 18.5 Å². The fourth-order valence-corrected chi connectivity index (χ4v) is 7.46. The number of carbonyl (C=O) groups excluding carboxylic acids is 2. The van der Waals surface area contributed by atoms with Crippen molar-refractivity contribution in [2.24, 2.45) is 0 Å². The summed E-state index contributed by atoms with van der Waals surface area (Å²) in [6.07, 6.45) is 46.3. The Morgan fingerprint density at radius 3 is 1.15 bits per heavy atom. The van der Waals surface area contributed by atoms with E-state index >= 15 is 0 Å². The van der Waals surface area contributed by atoms with Crippen molar-refractivity contribution in [1.82, 2.24) is 5.32 Å². The molecule has 0 bridgehead atoms. The molecule has 0 aromatic heterocycles. The molecule has 0 aromatic rings. The predicted octanol–water partition coefficient (Wildman–Crippen LogP) is 13.6. The standard InChI is InChI=1S/C47H93NO5/c1-3-5-7-9-11-13-15-16-17-18-19-20-25-29-33-37-41-47(52)53-42-38-34-30-26-22-21-24-28-32-36-40-46(51)48-44(43-49)45(50)39-35-31-27-23-14-12-10-8-6-4-2/h44-45,49-50H,3-43H2,1-2H3,(H,48,51). The minimum absolute atomic E-state index is 0.0155. The summed E-state index contributed by atoms with van der Waals surface area (Å²) in [7, 11) is 0. The van der Waals surface area contributed by atoms with Crippen LogP contribution in [0, 0.1) is 0 Å². The van der Waals surface area contributed by atoms with Crippen LogP contribution in [-0.2, 0) is 14.3 Å². The maximum atomic E-state index is 12.4. The number of hydrogen-bond acceptors (Lipinski definition) is 5. The molecule has 0 saturated heterocycles. The molecule has 3 N–H and O–H groups in total. The third-order valence-electron chi connectivity index (χ3n) is 11.2. The molecule has 316 valence electrons. The minimum atomic E-state index is -0.675. The number of carbonyl (C=O) groups is 2. The number of rotatable bonds is 44. The molecule has 0 aromatic carbocycles. The van der Waals surface area contributed by atoms with Crippen LogP contribution in [0.25, 0.3) is 0 Å². The van der Waals surface area contributed by atoms with Gasteiger partial charge in [-0.3, -0.25) is 9.59 Å². The highest BCUT2D eigenvalue weighted by molar-refractivity contribution is 5.76. The van der Waals surface area contributed by atoms with Crippen LogP contribution >= 0.6 is 0 Å². The van der Waals surface area contributed by atoms with E-state index < -0.39 is 12.1 Å². The molecule has 2 atom stereocenters. The van der Waals surface area contributed by atoms with Crippen LogP contribution in [0.1, 0.15) is 264 Å². The van der Waals surface area contributed by atoms with E-state index in [0.29, 0.717) is 25.9 Å². The molecule has 53 heavy (non-hydrogen) atoms. The topological polar surface area (TPSA) is 95.9 Å². The lowest BCUT2D eigenvalue weighted by atomic mass is 10.0. The minimum Gasteiger partial charge on any atom is -0.466 e. The first kappa shape index (κ1) is 51.9. The van der Waals surface area contributed by atoms with Gasteiger partial charge < -0.3 is 20.3 Å². The maximum absolute atomic E-state index is 12.4. The van der Waals surface area contributed by atoms with Crippen molar-refractivity contribution in [1.29, 1.82) is 0 Å². The summed E-state index contributed by atoms with van der Waals surface area (Å²) in [6.45, 7) is 4.89. The van der Waals surface area contributed by atoms with Crippen LogP contribution in [0.3, 0.4) is 0 Å². The van der Waals surface area contributed by atoms with E-state index in [1.165, 1.54) is 173 Å². The number of amides is 1. The number of esters is 1. The number of hydrogen-bond donors (Lipinski definition) is 3. The van der Waals surface area contributed by atoms with Gasteiger partial charge in [-0.05, 0) is 25.7 Å². The van der Waals surface area contributed by atoms with E-state index in [0.717, 1.165) is 57.8 Å². The van der Waals surface area contributed by atoms with Gasteiger partial charge in [0.2, 0.25) is 5.91 Å². The summed E-state index contributed by atoms with van der Waals surface area (Å²) >= 11 is 0. The number of unbranched alkanes of at least 4 members (excludes halogenated alkanes) is 33. The Hall–Kier alpha value is -1.14. The second kappa shape index (κ2) is 43.6. The quantitative estimate of drug-likeness (QED) is 0.0425. The molecule has 1 amide bonds. The smallest absolute Gasteiger partial charge is 0.305 e. The zero-order chi connectivity index (χ0) is 38.7. The largest absolute Gasteiger partial charge is 0.466 e. The lowest BCUT2D eigenvalue weighted by molar-refractivity contribution is -0.143. The lowest BCUT2D eigenvalue weighted by Gasteiger charge is -2.22. The summed E-state index contributed by atoms with van der Waals surface area (Å²) in [5.74, 6) is -0.0738. The molecule has 6 heteroatoms. The zero-order valence-electron chi connectivity index (χ0n) is 35.8. The third-order valence-corrected chi connectivity index (χ3v) is 11.2. The average molecular weight is 752 g/mol. The maximum Gasteiger partial charge on any atom is 0.305 e. The normalized spacial score (nSPS) is 12.6. The average Bonchev–Trinajstić information content (AvgIpc) is 3.16. The van der Waals surface area contributed by atoms with E-state index in [1.54, 1.807) is 0 Å². The number of ether oxygens (including phenoxy) is 1. The fourth-order valence-electron chi connectivity index (χ4n) is 7.46. The Bertz CT molecular complexity index is 746. The molecule has 0 aliphatic carbocycles. The first-order valence-corrected chi connectivity index (χ1v) is 23.8. The first-order chi connectivity index (χ1) is 26.0. The van der Waals surface area contributed by atoms with Gasteiger partial charge in [0.1, 0.15) is 0 Å². The van der Waals surface area contributed by atoms with Crippen LogP contribution in [0.2, 0.25) is 0 Å². The van der Waals surface area contributed by atoms with Crippen molar-refractivity contribution in [3.05, 3.63) is 0 Å². The Kier molecular flexibility index (Phi) is 42.6. The van der Waals surface area contributed by atoms with Crippen LogP contribution in [0.15, 0.2) is 0 Å². The molecule has 0 heterocycles. The van der Waals surface area contributed by atoms with Gasteiger partial charge >= 0.3 is 5.97 Å². The van der Waals surface area contributed by atoms with Crippen LogP contribution in [-0.4, -0.2) is 47.4 Å². The Balaban J connectivity index is 3.43. The van der Waals surface area contributed by atoms with Crippen molar-refractivity contribution in [3.8, 4) is 0 Å². The molecule has 0 aliphatic rings. The SMILES string of the molecule is CCCCCCCCCCCCCCCCCCC(=O)OCCCCCCCCCCCCC(=O)NC(CO)C(O)CCCCCCCCCCCC. The molecule has 2 unspecified atom stereocenters. The number of aliphatic hydroxyl groups excluding tert-OH is 2. The lowest BCUT2D eigenvalue weighted by Crippen LogP contribution is -2.45. The molecular formula is C47H93NO5. The highest BCUT2D eigenvalue weighted by Gasteiger charge is 2.20. The summed E-state index contributed by atoms with van der Waals surface area (Å²) in [5.41, 5.74) is 0. The molecule has 0 radical (unpaired) electrons. The van der Waals surface area contributed by atoms with Crippen molar-refractivity contribution in [2.75, 3.05) is 13.2 Å². The van der Waals surface area contributed by atoms with Gasteiger partial charge in [-0.25, -0.2) is 0 Å². The van der Waals surface area contributed by atoms with Crippen LogP contribution in [0.5, 0.6) is 0 Å². The van der Waals surface area contributed by atoms with Crippen molar-refractivity contribution >= 4 is 11.9 Å². The number of nitrogens with one attached hydrogen (secondary N) is 1. The highest BCUT2D eigenvalue weighted by Crippen LogP contribution is 2.16. The van der Waals surface area contributed by atoms with Crippen LogP contribution < -0.4 is 5.32 Å². The van der Waals surface area contributed by atoms with Crippen molar-refractivity contribution in [2.45, 2.75) is 276 Å². The highest BCUT2D eigenvalue weighted by atomic mass is 16.5. The second-order valence-electron chi connectivity index (χ2n) is 16.5. The summed E-state index contributed by atoms with van der Waals surface area (Å²) in [5, 5.41) is 23.0. The van der Waals surface area contributed by atoms with Gasteiger partial charge in [0, 0.05) is 12.8 Å². The monoisotopic (exact) mass is 752 g/mol. The van der Waals surface area contributed by atoms with E-state index in [2.05, 4.69) is 19.2 Å². The molecule has 0 spiro atoms. The fraction of sp³-hybridized carbons (Fsp3) is 0.957. The van der Waals surface area contributed by atoms with Crippen LogP contribution in [0.4, 0.5) is 0 Å².